The largest absolute Gasteiger partial charge is 0.495 e. The van der Waals surface area contributed by atoms with E-state index in [0.29, 0.717) is 56.2 Å². The Labute approximate surface area is 168 Å². The average Bonchev–Trinajstić information content (AvgIpc) is 3.39. The summed E-state index contributed by atoms with van der Waals surface area (Å²) in [7, 11) is 1.53. The van der Waals surface area contributed by atoms with Gasteiger partial charge < -0.3 is 24.3 Å². The highest BCUT2D eigenvalue weighted by atomic mass is 16.5. The van der Waals surface area contributed by atoms with E-state index in [0.717, 1.165) is 0 Å². The van der Waals surface area contributed by atoms with Crippen LogP contribution in [-0.2, 0) is 9.59 Å². The minimum Gasteiger partial charge on any atom is -0.495 e. The number of nitrogens with one attached hydrogen (secondary N) is 1. The molecule has 1 saturated carbocycles. The number of amides is 3. The van der Waals surface area contributed by atoms with Gasteiger partial charge in [-0.1, -0.05) is 12.1 Å². The third kappa shape index (κ3) is 3.57. The molecule has 0 atom stereocenters. The van der Waals surface area contributed by atoms with E-state index in [1.165, 1.54) is 13.4 Å². The number of carbonyl (C=O) groups is 3. The smallest absolute Gasteiger partial charge is 0.289 e. The molecule has 2 aliphatic rings. The van der Waals surface area contributed by atoms with Crippen LogP contribution >= 0.6 is 0 Å². The van der Waals surface area contributed by atoms with Crippen molar-refractivity contribution in [3.63, 3.8) is 0 Å². The van der Waals surface area contributed by atoms with Gasteiger partial charge in [-0.15, -0.1) is 0 Å². The molecule has 1 aromatic carbocycles. The number of rotatable bonds is 5. The Morgan fingerprint density at radius 3 is 2.31 bits per heavy atom. The van der Waals surface area contributed by atoms with Crippen LogP contribution in [0.3, 0.4) is 0 Å². The summed E-state index contributed by atoms with van der Waals surface area (Å²) in [5, 5.41) is 2.84. The van der Waals surface area contributed by atoms with Crippen LogP contribution in [0.2, 0.25) is 0 Å². The van der Waals surface area contributed by atoms with E-state index in [9.17, 15) is 14.4 Å². The topological polar surface area (TPSA) is 92.1 Å². The van der Waals surface area contributed by atoms with Gasteiger partial charge >= 0.3 is 0 Å². The summed E-state index contributed by atoms with van der Waals surface area (Å²) in [6.07, 6.45) is 2.51. The number of methoxy groups -OCH3 is 1. The number of hydrogen-bond donors (Lipinski definition) is 1. The van der Waals surface area contributed by atoms with Crippen molar-refractivity contribution < 1.29 is 23.5 Å². The molecule has 1 aliphatic carbocycles. The normalized spacial score (nSPS) is 17.6. The van der Waals surface area contributed by atoms with Gasteiger partial charge in [0.2, 0.25) is 11.8 Å². The Kier molecular flexibility index (Phi) is 5.00. The van der Waals surface area contributed by atoms with Crippen LogP contribution in [-0.4, -0.2) is 60.8 Å². The highest BCUT2D eigenvalue weighted by Gasteiger charge is 2.58. The van der Waals surface area contributed by atoms with E-state index in [1.807, 2.05) is 6.07 Å². The molecule has 2 fully saturated rings. The van der Waals surface area contributed by atoms with Gasteiger partial charge in [0.1, 0.15) is 11.2 Å². The zero-order chi connectivity index (χ0) is 20.4. The molecule has 1 N–H and O–H groups in total. The fourth-order valence-corrected chi connectivity index (χ4v) is 3.62. The van der Waals surface area contributed by atoms with Gasteiger partial charge in [0.15, 0.2) is 5.76 Å². The molecule has 1 aromatic heterocycles. The Hall–Kier alpha value is -3.29. The fraction of sp³-hybridized carbons (Fsp3) is 0.381. The van der Waals surface area contributed by atoms with E-state index in [-0.39, 0.29) is 17.7 Å². The summed E-state index contributed by atoms with van der Waals surface area (Å²) in [5.41, 5.74) is -0.471. The van der Waals surface area contributed by atoms with Gasteiger partial charge in [0.05, 0.1) is 19.1 Å². The predicted molar refractivity (Wildman–Crippen MR) is 104 cm³/mol. The standard InChI is InChI=1S/C21H23N3O5/c1-28-16-6-3-2-5-15(16)22-19(26)21(8-9-21)20(27)24-12-10-23(11-13-24)18(25)17-7-4-14-29-17/h2-7,14H,8-13H2,1H3,(H,22,26). The second-order valence-electron chi connectivity index (χ2n) is 7.30. The summed E-state index contributed by atoms with van der Waals surface area (Å²) in [4.78, 5) is 41.7. The summed E-state index contributed by atoms with van der Waals surface area (Å²) in [6.45, 7) is 1.62. The van der Waals surface area contributed by atoms with E-state index in [1.54, 1.807) is 40.1 Å². The van der Waals surface area contributed by atoms with Crippen LogP contribution in [0.15, 0.2) is 47.1 Å². The van der Waals surface area contributed by atoms with Crippen LogP contribution in [0.4, 0.5) is 5.69 Å². The molecule has 0 unspecified atom stereocenters. The molecule has 2 aromatic rings. The Morgan fingerprint density at radius 2 is 1.69 bits per heavy atom. The molecule has 1 aliphatic heterocycles. The number of anilines is 1. The van der Waals surface area contributed by atoms with Gasteiger partial charge in [-0.2, -0.15) is 0 Å². The lowest BCUT2D eigenvalue weighted by Gasteiger charge is -2.36. The number of carbonyl (C=O) groups excluding carboxylic acids is 3. The van der Waals surface area contributed by atoms with Gasteiger partial charge in [-0.25, -0.2) is 0 Å². The molecular formula is C21H23N3O5. The highest BCUT2D eigenvalue weighted by Crippen LogP contribution is 2.48. The third-order valence-corrected chi connectivity index (χ3v) is 5.54. The lowest BCUT2D eigenvalue weighted by Crippen LogP contribution is -2.53. The monoisotopic (exact) mass is 397 g/mol. The van der Waals surface area contributed by atoms with Crippen LogP contribution in [0.5, 0.6) is 5.75 Å². The van der Waals surface area contributed by atoms with Gasteiger partial charge in [0.25, 0.3) is 5.91 Å². The number of nitrogens with zero attached hydrogens (tertiary/aromatic N) is 2. The zero-order valence-electron chi connectivity index (χ0n) is 16.2. The van der Waals surface area contributed by atoms with Crippen molar-refractivity contribution in [3.05, 3.63) is 48.4 Å². The Balaban J connectivity index is 1.38. The first-order valence-electron chi connectivity index (χ1n) is 9.62. The van der Waals surface area contributed by atoms with Crippen molar-refractivity contribution in [1.29, 1.82) is 0 Å². The van der Waals surface area contributed by atoms with Crippen molar-refractivity contribution in [1.82, 2.24) is 9.80 Å². The summed E-state index contributed by atoms with van der Waals surface area (Å²) in [6, 6.07) is 10.4. The first-order valence-corrected chi connectivity index (χ1v) is 9.62. The van der Waals surface area contributed by atoms with Gasteiger partial charge in [-0.05, 0) is 37.1 Å². The predicted octanol–water partition coefficient (Wildman–Crippen LogP) is 1.99. The van der Waals surface area contributed by atoms with E-state index in [4.69, 9.17) is 9.15 Å². The quantitative estimate of drug-likeness (QED) is 0.779. The number of hydrogen-bond acceptors (Lipinski definition) is 5. The van der Waals surface area contributed by atoms with E-state index in [2.05, 4.69) is 5.32 Å². The summed E-state index contributed by atoms with van der Waals surface area (Å²) in [5.74, 6) is 0.182. The molecule has 0 spiro atoms. The maximum Gasteiger partial charge on any atom is 0.289 e. The number of ether oxygens (including phenoxy) is 1. The Morgan fingerprint density at radius 1 is 1.00 bits per heavy atom. The number of benzene rings is 1. The van der Waals surface area contributed by atoms with Crippen molar-refractivity contribution in [2.24, 2.45) is 5.41 Å². The lowest BCUT2D eigenvalue weighted by molar-refractivity contribution is -0.143. The molecule has 8 nitrogen and oxygen atoms in total. The van der Waals surface area contributed by atoms with Crippen molar-refractivity contribution in [3.8, 4) is 5.75 Å². The van der Waals surface area contributed by atoms with Crippen LogP contribution in [0, 0.1) is 5.41 Å². The molecular weight excluding hydrogens is 374 g/mol. The van der Waals surface area contributed by atoms with Gasteiger partial charge in [0, 0.05) is 26.2 Å². The second-order valence-corrected chi connectivity index (χ2v) is 7.30. The third-order valence-electron chi connectivity index (χ3n) is 5.54. The maximum atomic E-state index is 13.1. The first-order chi connectivity index (χ1) is 14.0. The van der Waals surface area contributed by atoms with E-state index < -0.39 is 5.41 Å². The van der Waals surface area contributed by atoms with Gasteiger partial charge in [-0.3, -0.25) is 14.4 Å². The summed E-state index contributed by atoms with van der Waals surface area (Å²) >= 11 is 0. The molecule has 3 amide bonds. The van der Waals surface area contributed by atoms with E-state index >= 15 is 0 Å². The Bertz CT molecular complexity index is 912. The first kappa shape index (κ1) is 19.0. The minimum absolute atomic E-state index is 0.171. The minimum atomic E-state index is -1.02. The fourth-order valence-electron chi connectivity index (χ4n) is 3.62. The zero-order valence-corrected chi connectivity index (χ0v) is 16.2. The number of para-hydroxylation sites is 2. The van der Waals surface area contributed by atoms with Crippen molar-refractivity contribution in [2.75, 3.05) is 38.6 Å². The molecule has 29 heavy (non-hydrogen) atoms. The summed E-state index contributed by atoms with van der Waals surface area (Å²) < 4.78 is 10.4. The molecule has 2 heterocycles. The average molecular weight is 397 g/mol. The molecule has 152 valence electrons. The highest BCUT2D eigenvalue weighted by molar-refractivity contribution is 6.13. The van der Waals surface area contributed by atoms with Crippen LogP contribution in [0.25, 0.3) is 0 Å². The van der Waals surface area contributed by atoms with Crippen molar-refractivity contribution in [2.45, 2.75) is 12.8 Å². The number of piperazine rings is 1. The molecule has 8 heteroatoms. The van der Waals surface area contributed by atoms with Crippen molar-refractivity contribution >= 4 is 23.4 Å². The SMILES string of the molecule is COc1ccccc1NC(=O)C1(C(=O)N2CCN(C(=O)c3ccco3)CC2)CC1. The molecule has 0 radical (unpaired) electrons. The number of furan rings is 1. The molecule has 1 saturated heterocycles. The maximum absolute atomic E-state index is 13.1. The lowest BCUT2D eigenvalue weighted by atomic mass is 10.0. The second kappa shape index (κ2) is 7.62. The molecule has 0 bridgehead atoms. The van der Waals surface area contributed by atoms with Crippen LogP contribution < -0.4 is 10.1 Å². The molecule has 4 rings (SSSR count). The van der Waals surface area contributed by atoms with Crippen LogP contribution in [0.1, 0.15) is 23.4 Å².